The van der Waals surface area contributed by atoms with Gasteiger partial charge in [-0.05, 0) is 49.9 Å². The summed E-state index contributed by atoms with van der Waals surface area (Å²) in [5.41, 5.74) is 3.39. The average molecular weight is 454 g/mol. The number of hydrogen-bond acceptors (Lipinski definition) is 6. The second-order valence-corrected chi connectivity index (χ2v) is 10.6. The fraction of sp³-hybridized carbons (Fsp3) is 0.455. The summed E-state index contributed by atoms with van der Waals surface area (Å²) in [7, 11) is -6.73. The van der Waals surface area contributed by atoms with Crippen LogP contribution in [0.4, 0.5) is 0 Å². The molecule has 30 heavy (non-hydrogen) atoms. The topological polar surface area (TPSA) is 71.1 Å². The van der Waals surface area contributed by atoms with Gasteiger partial charge in [0.1, 0.15) is 0 Å². The molecule has 0 unspecified atom stereocenters. The van der Waals surface area contributed by atoms with Crippen molar-refractivity contribution in [1.82, 2.24) is 0 Å². The highest BCUT2D eigenvalue weighted by Gasteiger charge is 2.31. The summed E-state index contributed by atoms with van der Waals surface area (Å²) in [4.78, 5) is 0. The summed E-state index contributed by atoms with van der Waals surface area (Å²) >= 11 is 0. The van der Waals surface area contributed by atoms with Crippen molar-refractivity contribution < 1.29 is 27.2 Å². The number of rotatable bonds is 13. The lowest BCUT2D eigenvalue weighted by Crippen LogP contribution is -2.06. The molecule has 0 aliphatic rings. The Morgan fingerprint density at radius 3 is 1.63 bits per heavy atom. The van der Waals surface area contributed by atoms with E-state index in [0.29, 0.717) is 0 Å². The molecule has 0 aromatic heterocycles. The Morgan fingerprint density at radius 1 is 0.633 bits per heavy atom. The van der Waals surface area contributed by atoms with E-state index >= 15 is 0 Å². The van der Waals surface area contributed by atoms with E-state index in [0.717, 1.165) is 22.3 Å². The normalized spacial score (nSPS) is 12.3. The van der Waals surface area contributed by atoms with E-state index in [1.54, 1.807) is 27.7 Å². The van der Waals surface area contributed by atoms with E-state index in [2.05, 4.69) is 0 Å². The standard InChI is InChI=1S/C22H32O6P2/c1-5-25-29(23,26-6-2)17-20-15-12-16-21(19-13-10-9-11-14-19)22(20)18-30(24,27-7-3)28-8-4/h9-16H,5-8,17-18H2,1-4H3. The summed E-state index contributed by atoms with van der Waals surface area (Å²) in [5, 5.41) is 0. The Morgan fingerprint density at radius 2 is 1.13 bits per heavy atom. The Labute approximate surface area is 180 Å². The van der Waals surface area contributed by atoms with Crippen LogP contribution in [0.15, 0.2) is 48.5 Å². The molecule has 2 aromatic carbocycles. The van der Waals surface area contributed by atoms with Crippen molar-refractivity contribution in [2.45, 2.75) is 40.0 Å². The van der Waals surface area contributed by atoms with Crippen molar-refractivity contribution in [3.8, 4) is 11.1 Å². The second-order valence-electron chi connectivity index (χ2n) is 6.52. The molecule has 0 aliphatic carbocycles. The van der Waals surface area contributed by atoms with Gasteiger partial charge >= 0.3 is 15.2 Å². The molecule has 8 heteroatoms. The first-order chi connectivity index (χ1) is 14.4. The first-order valence-corrected chi connectivity index (χ1v) is 13.8. The number of benzene rings is 2. The summed E-state index contributed by atoms with van der Waals surface area (Å²) in [5.74, 6) is 0. The first-order valence-electron chi connectivity index (χ1n) is 10.3. The minimum absolute atomic E-state index is 0.0767. The van der Waals surface area contributed by atoms with Crippen molar-refractivity contribution in [1.29, 1.82) is 0 Å². The molecule has 0 saturated heterocycles. The zero-order chi connectivity index (χ0) is 22.0. The minimum atomic E-state index is -3.38. The van der Waals surface area contributed by atoms with Gasteiger partial charge in [0.25, 0.3) is 0 Å². The summed E-state index contributed by atoms with van der Waals surface area (Å²) in [6.45, 7) is 8.24. The van der Waals surface area contributed by atoms with Crippen molar-refractivity contribution >= 4 is 15.2 Å². The highest BCUT2D eigenvalue weighted by atomic mass is 31.2. The van der Waals surface area contributed by atoms with Crippen LogP contribution in [0.3, 0.4) is 0 Å². The van der Waals surface area contributed by atoms with Gasteiger partial charge in [-0.2, -0.15) is 0 Å². The van der Waals surface area contributed by atoms with Gasteiger partial charge < -0.3 is 18.1 Å². The minimum Gasteiger partial charge on any atom is -0.309 e. The lowest BCUT2D eigenvalue weighted by atomic mass is 9.97. The van der Waals surface area contributed by atoms with Crippen LogP contribution in [0.1, 0.15) is 38.8 Å². The Bertz CT molecular complexity index is 864. The van der Waals surface area contributed by atoms with Crippen molar-refractivity contribution in [2.75, 3.05) is 26.4 Å². The van der Waals surface area contributed by atoms with E-state index in [9.17, 15) is 9.13 Å². The van der Waals surface area contributed by atoms with Crippen molar-refractivity contribution in [3.63, 3.8) is 0 Å². The van der Waals surface area contributed by atoms with E-state index in [4.69, 9.17) is 18.1 Å². The molecule has 2 rings (SSSR count). The lowest BCUT2D eigenvalue weighted by Gasteiger charge is -2.23. The fourth-order valence-electron chi connectivity index (χ4n) is 3.30. The predicted octanol–water partition coefficient (Wildman–Crippen LogP) is 6.89. The molecular formula is C22H32O6P2. The maximum absolute atomic E-state index is 13.4. The SMILES string of the molecule is CCOP(=O)(Cc1cccc(-c2ccccc2)c1CP(=O)(OCC)OCC)OCC. The molecule has 0 fully saturated rings. The van der Waals surface area contributed by atoms with Crippen LogP contribution in [0, 0.1) is 0 Å². The molecule has 0 N–H and O–H groups in total. The third-order valence-electron chi connectivity index (χ3n) is 4.38. The Hall–Kier alpha value is -1.26. The lowest BCUT2D eigenvalue weighted by molar-refractivity contribution is 0.217. The Balaban J connectivity index is 2.59. The monoisotopic (exact) mass is 454 g/mol. The van der Waals surface area contributed by atoms with E-state index in [-0.39, 0.29) is 38.8 Å². The van der Waals surface area contributed by atoms with Crippen LogP contribution in [0.25, 0.3) is 11.1 Å². The van der Waals surface area contributed by atoms with Crippen LogP contribution in [-0.2, 0) is 39.5 Å². The third kappa shape index (κ3) is 6.88. The zero-order valence-electron chi connectivity index (χ0n) is 18.2. The first kappa shape index (κ1) is 25.0. The van der Waals surface area contributed by atoms with Crippen molar-refractivity contribution in [3.05, 3.63) is 59.7 Å². The van der Waals surface area contributed by atoms with Crippen LogP contribution >= 0.6 is 15.2 Å². The smallest absolute Gasteiger partial charge is 0.309 e. The summed E-state index contributed by atoms with van der Waals surface area (Å²) < 4.78 is 48.7. The second kappa shape index (κ2) is 12.0. The van der Waals surface area contributed by atoms with Gasteiger partial charge in [0.2, 0.25) is 0 Å². The van der Waals surface area contributed by atoms with E-state index < -0.39 is 15.2 Å². The van der Waals surface area contributed by atoms with Gasteiger partial charge in [-0.3, -0.25) is 9.13 Å². The van der Waals surface area contributed by atoms with Crippen LogP contribution in [0.2, 0.25) is 0 Å². The van der Waals surface area contributed by atoms with Gasteiger partial charge in [-0.15, -0.1) is 0 Å². The summed E-state index contributed by atoms with van der Waals surface area (Å²) in [6, 6.07) is 15.5. The highest BCUT2D eigenvalue weighted by Crippen LogP contribution is 2.56. The molecule has 0 aliphatic heterocycles. The summed E-state index contributed by atoms with van der Waals surface area (Å²) in [6.07, 6.45) is 0.163. The largest absolute Gasteiger partial charge is 0.335 e. The number of hydrogen-bond donors (Lipinski definition) is 0. The van der Waals surface area contributed by atoms with Crippen LogP contribution in [-0.4, -0.2) is 26.4 Å². The molecule has 0 radical (unpaired) electrons. The molecule has 0 spiro atoms. The molecule has 166 valence electrons. The molecule has 6 nitrogen and oxygen atoms in total. The third-order valence-corrected chi connectivity index (χ3v) is 8.41. The average Bonchev–Trinajstić information content (AvgIpc) is 2.70. The van der Waals surface area contributed by atoms with Gasteiger partial charge in [0.15, 0.2) is 0 Å². The molecular weight excluding hydrogens is 422 g/mol. The quantitative estimate of drug-likeness (QED) is 0.307. The Kier molecular flexibility index (Phi) is 9.96. The molecule has 2 aromatic rings. The zero-order valence-corrected chi connectivity index (χ0v) is 20.0. The highest BCUT2D eigenvalue weighted by molar-refractivity contribution is 7.53. The predicted molar refractivity (Wildman–Crippen MR) is 121 cm³/mol. The fourth-order valence-corrected chi connectivity index (χ4v) is 6.87. The van der Waals surface area contributed by atoms with E-state index in [1.165, 1.54) is 0 Å². The maximum Gasteiger partial charge on any atom is 0.335 e. The molecule has 0 atom stereocenters. The molecule has 0 heterocycles. The van der Waals surface area contributed by atoms with Gasteiger partial charge in [-0.25, -0.2) is 0 Å². The van der Waals surface area contributed by atoms with Gasteiger partial charge in [0.05, 0.1) is 38.8 Å². The molecule has 0 saturated carbocycles. The maximum atomic E-state index is 13.4. The van der Waals surface area contributed by atoms with Crippen LogP contribution in [0.5, 0.6) is 0 Å². The van der Waals surface area contributed by atoms with E-state index in [1.807, 2.05) is 48.5 Å². The van der Waals surface area contributed by atoms with Gasteiger partial charge in [0, 0.05) is 0 Å². The molecule has 0 bridgehead atoms. The van der Waals surface area contributed by atoms with Crippen molar-refractivity contribution in [2.24, 2.45) is 0 Å². The van der Waals surface area contributed by atoms with Gasteiger partial charge in [-0.1, -0.05) is 48.5 Å². The molecule has 0 amide bonds. The van der Waals surface area contributed by atoms with Crippen LogP contribution < -0.4 is 0 Å².